The van der Waals surface area contributed by atoms with Crippen molar-refractivity contribution in [3.63, 3.8) is 0 Å². The van der Waals surface area contributed by atoms with Gasteiger partial charge in [-0.05, 0) is 56.7 Å². The summed E-state index contributed by atoms with van der Waals surface area (Å²) in [6.07, 6.45) is 0. The van der Waals surface area contributed by atoms with E-state index in [1.54, 1.807) is 4.68 Å². The van der Waals surface area contributed by atoms with Crippen LogP contribution in [0.25, 0.3) is 5.69 Å². The maximum atomic E-state index is 13.1. The normalized spacial score (nSPS) is 14.3. The lowest BCUT2D eigenvalue weighted by atomic mass is 10.2. The van der Waals surface area contributed by atoms with Crippen molar-refractivity contribution in [2.24, 2.45) is 0 Å². The highest BCUT2D eigenvalue weighted by Crippen LogP contribution is 2.22. The molecule has 1 aliphatic rings. The van der Waals surface area contributed by atoms with Crippen molar-refractivity contribution in [2.45, 2.75) is 20.8 Å². The van der Waals surface area contributed by atoms with Gasteiger partial charge in [-0.2, -0.15) is 0 Å². The molecule has 29 heavy (non-hydrogen) atoms. The van der Waals surface area contributed by atoms with Crippen LogP contribution < -0.4 is 4.90 Å². The topological polar surface area (TPSA) is 54.3 Å². The largest absolute Gasteiger partial charge is 0.368 e. The summed E-state index contributed by atoms with van der Waals surface area (Å²) < 4.78 is 2.77. The number of hydrogen-bond acceptors (Lipinski definition) is 4. The highest BCUT2D eigenvalue weighted by Gasteiger charge is 2.26. The van der Waals surface area contributed by atoms with Crippen molar-refractivity contribution in [3.05, 3.63) is 69.5 Å². The van der Waals surface area contributed by atoms with Crippen molar-refractivity contribution in [1.82, 2.24) is 19.9 Å². The lowest BCUT2D eigenvalue weighted by Gasteiger charge is -2.35. The Bertz CT molecular complexity index is 1040. The lowest BCUT2D eigenvalue weighted by Crippen LogP contribution is -2.49. The molecule has 4 rings (SSSR count). The molecule has 1 aromatic heterocycles. The van der Waals surface area contributed by atoms with E-state index in [0.717, 1.165) is 34.5 Å². The minimum Gasteiger partial charge on any atom is -0.368 e. The minimum absolute atomic E-state index is 0.0499. The molecule has 1 saturated heterocycles. The first-order valence-electron chi connectivity index (χ1n) is 9.74. The summed E-state index contributed by atoms with van der Waals surface area (Å²) in [6, 6.07) is 14.5. The summed E-state index contributed by atoms with van der Waals surface area (Å²) >= 11 is 3.52. The van der Waals surface area contributed by atoms with E-state index in [4.69, 9.17) is 0 Å². The molecule has 150 valence electrons. The Morgan fingerprint density at radius 2 is 1.59 bits per heavy atom. The maximum absolute atomic E-state index is 13.1. The first kappa shape index (κ1) is 19.6. The summed E-state index contributed by atoms with van der Waals surface area (Å²) in [4.78, 5) is 17.2. The monoisotopic (exact) mass is 453 g/mol. The van der Waals surface area contributed by atoms with Crippen molar-refractivity contribution < 1.29 is 4.79 Å². The number of aryl methyl sites for hydroxylation is 2. The predicted molar refractivity (Wildman–Crippen MR) is 118 cm³/mol. The van der Waals surface area contributed by atoms with E-state index in [-0.39, 0.29) is 5.91 Å². The fraction of sp³-hybridized carbons (Fsp3) is 0.318. The van der Waals surface area contributed by atoms with Gasteiger partial charge in [-0.15, -0.1) is 5.10 Å². The fourth-order valence-electron chi connectivity index (χ4n) is 3.61. The standard InChI is InChI=1S/C22H24BrN5O/c1-15-4-6-18(7-5-15)26-10-12-27(13-11-26)22(29)21-17(3)28(25-24-21)19-8-9-20(23)16(2)14-19/h4-9,14H,10-13H2,1-3H3. The Labute approximate surface area is 179 Å². The molecular formula is C22H24BrN5O. The minimum atomic E-state index is -0.0499. The average molecular weight is 454 g/mol. The van der Waals surface area contributed by atoms with Gasteiger partial charge in [0.05, 0.1) is 11.4 Å². The molecule has 0 saturated carbocycles. The highest BCUT2D eigenvalue weighted by atomic mass is 79.9. The van der Waals surface area contributed by atoms with Gasteiger partial charge in [-0.1, -0.05) is 38.8 Å². The number of nitrogens with zero attached hydrogens (tertiary/aromatic N) is 5. The number of aromatic nitrogens is 3. The number of carbonyl (C=O) groups is 1. The first-order chi connectivity index (χ1) is 13.9. The molecule has 7 heteroatoms. The third kappa shape index (κ3) is 3.92. The molecule has 0 radical (unpaired) electrons. The summed E-state index contributed by atoms with van der Waals surface area (Å²) in [5.74, 6) is -0.0499. The van der Waals surface area contributed by atoms with Crippen LogP contribution in [0, 0.1) is 20.8 Å². The molecule has 6 nitrogen and oxygen atoms in total. The van der Waals surface area contributed by atoms with E-state index in [1.165, 1.54) is 11.3 Å². The van der Waals surface area contributed by atoms with Crippen LogP contribution in [0.1, 0.15) is 27.3 Å². The SMILES string of the molecule is Cc1ccc(N2CCN(C(=O)c3nnn(-c4ccc(Br)c(C)c4)c3C)CC2)cc1. The van der Waals surface area contributed by atoms with Gasteiger partial charge >= 0.3 is 0 Å². The molecule has 3 aromatic rings. The Morgan fingerprint density at radius 3 is 2.24 bits per heavy atom. The number of hydrogen-bond donors (Lipinski definition) is 0. The van der Waals surface area contributed by atoms with Crippen LogP contribution in [0.3, 0.4) is 0 Å². The van der Waals surface area contributed by atoms with E-state index >= 15 is 0 Å². The molecule has 0 N–H and O–H groups in total. The van der Waals surface area contributed by atoms with Crippen LogP contribution in [0.4, 0.5) is 5.69 Å². The van der Waals surface area contributed by atoms with E-state index < -0.39 is 0 Å². The quantitative estimate of drug-likeness (QED) is 0.602. The van der Waals surface area contributed by atoms with Crippen molar-refractivity contribution in [2.75, 3.05) is 31.1 Å². The predicted octanol–water partition coefficient (Wildman–Crippen LogP) is 3.92. The van der Waals surface area contributed by atoms with E-state index in [0.29, 0.717) is 18.8 Å². The van der Waals surface area contributed by atoms with Crippen molar-refractivity contribution in [3.8, 4) is 5.69 Å². The third-order valence-electron chi connectivity index (χ3n) is 5.45. The third-order valence-corrected chi connectivity index (χ3v) is 6.34. The summed E-state index contributed by atoms with van der Waals surface area (Å²) in [7, 11) is 0. The molecule has 2 aromatic carbocycles. The lowest BCUT2D eigenvalue weighted by molar-refractivity contribution is 0.0740. The smallest absolute Gasteiger partial charge is 0.276 e. The van der Waals surface area contributed by atoms with Crippen LogP contribution in [0.15, 0.2) is 46.9 Å². The number of amides is 1. The summed E-state index contributed by atoms with van der Waals surface area (Å²) in [5.41, 5.74) is 5.65. The molecule has 2 heterocycles. The zero-order chi connectivity index (χ0) is 20.5. The Kier molecular flexibility index (Phi) is 5.41. The Morgan fingerprint density at radius 1 is 0.931 bits per heavy atom. The fourth-order valence-corrected chi connectivity index (χ4v) is 3.85. The van der Waals surface area contributed by atoms with Gasteiger partial charge in [0.25, 0.3) is 5.91 Å². The maximum Gasteiger partial charge on any atom is 0.276 e. The number of carbonyl (C=O) groups excluding carboxylic acids is 1. The number of rotatable bonds is 3. The van der Waals surface area contributed by atoms with Gasteiger partial charge in [-0.25, -0.2) is 4.68 Å². The molecule has 0 atom stereocenters. The molecule has 0 bridgehead atoms. The molecule has 1 amide bonds. The van der Waals surface area contributed by atoms with Crippen molar-refractivity contribution >= 4 is 27.5 Å². The van der Waals surface area contributed by atoms with Crippen LogP contribution in [-0.2, 0) is 0 Å². The van der Waals surface area contributed by atoms with E-state index in [2.05, 4.69) is 62.3 Å². The van der Waals surface area contributed by atoms with Crippen LogP contribution in [0.2, 0.25) is 0 Å². The van der Waals surface area contributed by atoms with E-state index in [1.807, 2.05) is 36.9 Å². The van der Waals surface area contributed by atoms with Gasteiger partial charge in [-0.3, -0.25) is 4.79 Å². The molecule has 1 aliphatic heterocycles. The number of anilines is 1. The zero-order valence-corrected chi connectivity index (χ0v) is 18.5. The summed E-state index contributed by atoms with van der Waals surface area (Å²) in [6.45, 7) is 8.99. The number of benzene rings is 2. The molecule has 1 fully saturated rings. The Balaban J connectivity index is 1.47. The van der Waals surface area contributed by atoms with Gasteiger partial charge < -0.3 is 9.80 Å². The average Bonchev–Trinajstić information content (AvgIpc) is 3.11. The van der Waals surface area contributed by atoms with Crippen molar-refractivity contribution in [1.29, 1.82) is 0 Å². The van der Waals surface area contributed by atoms with Crippen LogP contribution >= 0.6 is 15.9 Å². The van der Waals surface area contributed by atoms with Gasteiger partial charge in [0.2, 0.25) is 0 Å². The molecule has 0 unspecified atom stereocenters. The van der Waals surface area contributed by atoms with Gasteiger partial charge in [0.1, 0.15) is 0 Å². The molecule has 0 aliphatic carbocycles. The van der Waals surface area contributed by atoms with Gasteiger partial charge in [0, 0.05) is 36.3 Å². The van der Waals surface area contributed by atoms with E-state index in [9.17, 15) is 4.79 Å². The van der Waals surface area contributed by atoms with Gasteiger partial charge in [0.15, 0.2) is 5.69 Å². The second kappa shape index (κ2) is 7.99. The first-order valence-corrected chi connectivity index (χ1v) is 10.5. The molecular weight excluding hydrogens is 430 g/mol. The Hall–Kier alpha value is -2.67. The number of piperazine rings is 1. The zero-order valence-electron chi connectivity index (χ0n) is 16.9. The summed E-state index contributed by atoms with van der Waals surface area (Å²) in [5, 5.41) is 8.44. The number of halogens is 1. The highest BCUT2D eigenvalue weighted by molar-refractivity contribution is 9.10. The van der Waals surface area contributed by atoms with Crippen LogP contribution in [0.5, 0.6) is 0 Å². The molecule has 0 spiro atoms. The van der Waals surface area contributed by atoms with Crippen LogP contribution in [-0.4, -0.2) is 52.0 Å². The second-order valence-corrected chi connectivity index (χ2v) is 8.34. The second-order valence-electron chi connectivity index (χ2n) is 7.48.